The molecular formula is C45H52N8O9. The molecule has 17 nitrogen and oxygen atoms in total. The van der Waals surface area contributed by atoms with Crippen LogP contribution in [-0.4, -0.2) is 127 Å². The zero-order valence-electron chi connectivity index (χ0n) is 35.0. The number of nitrogens with zero attached hydrogens (tertiary/aromatic N) is 6. The number of methoxy groups -OCH3 is 2. The Kier molecular flexibility index (Phi) is 13.0. The zero-order valence-corrected chi connectivity index (χ0v) is 35.0. The summed E-state index contributed by atoms with van der Waals surface area (Å²) in [6, 6.07) is 11.5. The fourth-order valence-electron chi connectivity index (χ4n) is 9.17. The molecule has 1 aromatic heterocycles. The van der Waals surface area contributed by atoms with Crippen LogP contribution >= 0.6 is 0 Å². The second kappa shape index (κ2) is 18.9. The van der Waals surface area contributed by atoms with Crippen LogP contribution in [0, 0.1) is 17.2 Å². The number of carbonyl (C=O) groups excluding carboxylic acids is 5. The molecule has 0 spiro atoms. The van der Waals surface area contributed by atoms with E-state index in [4.69, 9.17) is 18.9 Å². The maximum absolute atomic E-state index is 13.3. The average molecular weight is 849 g/mol. The SMILES string of the molecule is COCCN(CC1CCN(c2cnc(C(=O)NC3CCC(Oc4ccc(C#N)c(OC)c4)CC3)cn2)CC1)C1CC(Oc2ccc3c(c2)C(=O)N(C2CCC(=O)NC2=O)C3=O)C1. The second-order valence-corrected chi connectivity index (χ2v) is 16.7. The normalized spacial score (nSPS) is 23.9. The van der Waals surface area contributed by atoms with E-state index in [-0.39, 0.29) is 48.1 Å². The first-order chi connectivity index (χ1) is 30.1. The lowest BCUT2D eigenvalue weighted by Gasteiger charge is -2.45. The Morgan fingerprint density at radius 3 is 2.31 bits per heavy atom. The van der Waals surface area contributed by atoms with Crippen molar-refractivity contribution in [3.05, 3.63) is 71.2 Å². The van der Waals surface area contributed by atoms with Crippen LogP contribution in [0.4, 0.5) is 5.82 Å². The minimum atomic E-state index is -1.01. The number of aromatic nitrogens is 2. The van der Waals surface area contributed by atoms with Crippen LogP contribution in [0.2, 0.25) is 0 Å². The molecule has 1 atom stereocenters. The number of hydrogen-bond donors (Lipinski definition) is 2. The summed E-state index contributed by atoms with van der Waals surface area (Å²) >= 11 is 0. The quantitative estimate of drug-likeness (QED) is 0.210. The fourth-order valence-corrected chi connectivity index (χ4v) is 9.17. The van der Waals surface area contributed by atoms with Gasteiger partial charge in [0, 0.05) is 70.7 Å². The van der Waals surface area contributed by atoms with Crippen LogP contribution in [0.15, 0.2) is 48.8 Å². The van der Waals surface area contributed by atoms with Gasteiger partial charge in [-0.15, -0.1) is 0 Å². The molecule has 2 saturated carbocycles. The van der Waals surface area contributed by atoms with Gasteiger partial charge in [0.15, 0.2) is 0 Å². The largest absolute Gasteiger partial charge is 0.495 e. The van der Waals surface area contributed by atoms with Gasteiger partial charge in [-0.3, -0.25) is 39.1 Å². The summed E-state index contributed by atoms with van der Waals surface area (Å²) in [6.45, 7) is 4.02. The second-order valence-electron chi connectivity index (χ2n) is 16.7. The molecule has 62 heavy (non-hydrogen) atoms. The first-order valence-electron chi connectivity index (χ1n) is 21.5. The van der Waals surface area contributed by atoms with E-state index in [2.05, 4.69) is 36.5 Å². The lowest BCUT2D eigenvalue weighted by atomic mass is 9.86. The Labute approximate surface area is 360 Å². The number of ether oxygens (including phenoxy) is 4. The van der Waals surface area contributed by atoms with Crippen molar-refractivity contribution in [2.75, 3.05) is 51.9 Å². The smallest absolute Gasteiger partial charge is 0.271 e. The van der Waals surface area contributed by atoms with Crippen molar-refractivity contribution in [1.29, 1.82) is 5.26 Å². The molecule has 2 aliphatic carbocycles. The number of fused-ring (bicyclic) bond motifs is 1. The Morgan fingerprint density at radius 1 is 0.887 bits per heavy atom. The van der Waals surface area contributed by atoms with E-state index in [1.165, 1.54) is 7.11 Å². The van der Waals surface area contributed by atoms with Gasteiger partial charge < -0.3 is 29.2 Å². The number of imide groups is 2. The third kappa shape index (κ3) is 9.36. The molecule has 2 N–H and O–H groups in total. The lowest BCUT2D eigenvalue weighted by Crippen LogP contribution is -2.54. The van der Waals surface area contributed by atoms with Crippen molar-refractivity contribution in [2.45, 2.75) is 94.5 Å². The Hall–Kier alpha value is -6.12. The predicted molar refractivity (Wildman–Crippen MR) is 223 cm³/mol. The molecular weight excluding hydrogens is 797 g/mol. The number of benzene rings is 2. The van der Waals surface area contributed by atoms with Crippen LogP contribution in [0.3, 0.4) is 0 Å². The summed E-state index contributed by atoms with van der Waals surface area (Å²) in [5.41, 5.74) is 1.18. The van der Waals surface area contributed by atoms with Gasteiger partial charge in [-0.2, -0.15) is 5.26 Å². The van der Waals surface area contributed by atoms with E-state index in [1.54, 1.807) is 55.9 Å². The van der Waals surface area contributed by atoms with Gasteiger partial charge in [-0.25, -0.2) is 9.97 Å². The van der Waals surface area contributed by atoms with E-state index in [0.717, 1.165) is 88.3 Å². The molecule has 3 aliphatic heterocycles. The first kappa shape index (κ1) is 42.6. The van der Waals surface area contributed by atoms with Gasteiger partial charge in [0.05, 0.1) is 48.9 Å². The van der Waals surface area contributed by atoms with Gasteiger partial charge >= 0.3 is 0 Å². The highest BCUT2D eigenvalue weighted by Crippen LogP contribution is 2.35. The van der Waals surface area contributed by atoms with E-state index in [1.807, 2.05) is 0 Å². The van der Waals surface area contributed by atoms with Crippen molar-refractivity contribution in [2.24, 2.45) is 5.92 Å². The van der Waals surface area contributed by atoms with Crippen molar-refractivity contribution in [3.8, 4) is 23.3 Å². The van der Waals surface area contributed by atoms with Gasteiger partial charge in [0.1, 0.15) is 47.0 Å². The molecule has 4 fully saturated rings. The molecule has 2 aromatic carbocycles. The van der Waals surface area contributed by atoms with Crippen LogP contribution < -0.4 is 29.7 Å². The van der Waals surface area contributed by atoms with Gasteiger partial charge in [-0.1, -0.05) is 0 Å². The molecule has 1 unspecified atom stereocenters. The van der Waals surface area contributed by atoms with Crippen LogP contribution in [0.25, 0.3) is 0 Å². The molecule has 3 aromatic rings. The zero-order chi connectivity index (χ0) is 43.3. The molecule has 4 heterocycles. The third-order valence-corrected chi connectivity index (χ3v) is 12.8. The highest BCUT2D eigenvalue weighted by Gasteiger charge is 2.45. The number of carbonyl (C=O) groups is 5. The maximum Gasteiger partial charge on any atom is 0.271 e. The fraction of sp³-hybridized carbons (Fsp3) is 0.511. The molecule has 5 amide bonds. The summed E-state index contributed by atoms with van der Waals surface area (Å²) in [6.07, 6.45) is 10.1. The first-order valence-corrected chi connectivity index (χ1v) is 21.5. The van der Waals surface area contributed by atoms with Gasteiger partial charge in [0.2, 0.25) is 11.8 Å². The monoisotopic (exact) mass is 848 g/mol. The Balaban J connectivity index is 0.766. The molecule has 8 rings (SSSR count). The number of hydrogen-bond acceptors (Lipinski definition) is 14. The number of piperidine rings is 2. The van der Waals surface area contributed by atoms with Gasteiger partial charge in [0.25, 0.3) is 17.7 Å². The maximum atomic E-state index is 13.3. The van der Waals surface area contributed by atoms with Crippen LogP contribution in [-0.2, 0) is 14.3 Å². The number of nitriles is 1. The van der Waals surface area contributed by atoms with E-state index < -0.39 is 29.7 Å². The topological polar surface area (TPSA) is 206 Å². The Morgan fingerprint density at radius 2 is 1.61 bits per heavy atom. The molecule has 17 heteroatoms. The third-order valence-electron chi connectivity index (χ3n) is 12.8. The Bertz CT molecular complexity index is 2210. The number of anilines is 1. The van der Waals surface area contributed by atoms with Crippen LogP contribution in [0.1, 0.15) is 101 Å². The van der Waals surface area contributed by atoms with Crippen molar-refractivity contribution in [1.82, 2.24) is 30.4 Å². The number of rotatable bonds is 15. The van der Waals surface area contributed by atoms with E-state index in [9.17, 15) is 29.2 Å². The summed E-state index contributed by atoms with van der Waals surface area (Å²) < 4.78 is 23.2. The van der Waals surface area contributed by atoms with Gasteiger partial charge in [-0.05, 0) is 81.2 Å². The highest BCUT2D eigenvalue weighted by molar-refractivity contribution is 6.23. The molecule has 0 radical (unpaired) electrons. The van der Waals surface area contributed by atoms with E-state index >= 15 is 0 Å². The molecule has 0 bridgehead atoms. The van der Waals surface area contributed by atoms with Crippen LogP contribution in [0.5, 0.6) is 17.2 Å². The van der Waals surface area contributed by atoms with Crippen molar-refractivity contribution < 1.29 is 42.9 Å². The predicted octanol–water partition coefficient (Wildman–Crippen LogP) is 3.65. The minimum Gasteiger partial charge on any atom is -0.495 e. The molecule has 2 saturated heterocycles. The molecule has 5 aliphatic rings. The average Bonchev–Trinajstić information content (AvgIpc) is 3.52. The minimum absolute atomic E-state index is 0.0139. The highest BCUT2D eigenvalue weighted by atomic mass is 16.5. The summed E-state index contributed by atoms with van der Waals surface area (Å²) in [5.74, 6) is 0.509. The summed E-state index contributed by atoms with van der Waals surface area (Å²) in [7, 11) is 3.24. The van der Waals surface area contributed by atoms with Crippen molar-refractivity contribution >= 4 is 35.4 Å². The summed E-state index contributed by atoms with van der Waals surface area (Å²) in [4.78, 5) is 78.3. The molecule has 326 valence electrons. The number of nitrogens with one attached hydrogen (secondary N) is 2. The summed E-state index contributed by atoms with van der Waals surface area (Å²) in [5, 5.41) is 14.6. The van der Waals surface area contributed by atoms with E-state index in [0.29, 0.717) is 47.1 Å². The standard InChI is InChI=1S/C45H52N8O9/c1-59-18-17-52(30-19-34(20-30)62-32-9-10-35-36(21-32)45(58)53(44(35)57)38-11-12-41(54)50-43(38)56)26-27-13-15-51(16-14-27)40-25-47-37(24-48-40)42(55)49-29-4-7-31(8-5-29)61-33-6-3-28(23-46)39(22-33)60-2/h3,6,9-10,21-22,24-25,27,29-31,34,38H,4-5,7-8,11-20,26H2,1-2H3,(H,49,55)(H,50,54,56). The van der Waals surface area contributed by atoms with Crippen molar-refractivity contribution in [3.63, 3.8) is 0 Å². The lowest BCUT2D eigenvalue weighted by molar-refractivity contribution is -0.136. The number of amides is 5.